The van der Waals surface area contributed by atoms with Crippen molar-refractivity contribution in [2.45, 2.75) is 79.7 Å². The van der Waals surface area contributed by atoms with E-state index in [1.807, 2.05) is 41.5 Å². The van der Waals surface area contributed by atoms with E-state index in [0.717, 1.165) is 0 Å². The first kappa shape index (κ1) is 27.8. The predicted molar refractivity (Wildman–Crippen MR) is 111 cm³/mol. The summed E-state index contributed by atoms with van der Waals surface area (Å²) in [6.45, 7) is 19.7. The van der Waals surface area contributed by atoms with E-state index < -0.39 is 48.0 Å². The summed E-state index contributed by atoms with van der Waals surface area (Å²) >= 11 is 0. The summed E-state index contributed by atoms with van der Waals surface area (Å²) in [6, 6.07) is 0. The molecule has 0 radical (unpaired) electrons. The number of carbonyl (C=O) groups excluding carboxylic acids is 1. The smallest absolute Gasteiger partial charge is 0.351 e. The Bertz CT molecular complexity index is 627. The van der Waals surface area contributed by atoms with Gasteiger partial charge in [0.15, 0.2) is 6.10 Å². The topological polar surface area (TPSA) is 114 Å². The zero-order valence-electron chi connectivity index (χ0n) is 19.1. The van der Waals surface area contributed by atoms with E-state index in [-0.39, 0.29) is 13.2 Å². The van der Waals surface area contributed by atoms with Gasteiger partial charge in [0.05, 0.1) is 13.2 Å². The van der Waals surface area contributed by atoms with Crippen LogP contribution >= 0.6 is 7.60 Å². The molecule has 0 saturated heterocycles. The van der Waals surface area contributed by atoms with Crippen molar-refractivity contribution >= 4 is 19.5 Å². The molecule has 10 heteroatoms. The highest BCUT2D eigenvalue weighted by Gasteiger charge is 2.51. The molecule has 1 amide bonds. The Labute approximate surface area is 174 Å². The number of carboxylic acids is 1. The predicted octanol–water partition coefficient (Wildman–Crippen LogP) is 3.76. The van der Waals surface area contributed by atoms with Crippen LogP contribution in [0.2, 0.25) is 0 Å². The number of carboxylic acid groups (broad SMARTS) is 1. The number of hydrogen-bond donors (Lipinski definition) is 2. The third-order valence-corrected chi connectivity index (χ3v) is 6.57. The number of rotatable bonds is 11. The average molecular weight is 436 g/mol. The second-order valence-electron chi connectivity index (χ2n) is 8.63. The molecule has 0 rings (SSSR count). The lowest BCUT2D eigenvalue weighted by Gasteiger charge is -2.48. The SMILES string of the molecule is C=C(NC(=O)C(C)ON(C(C(C)(C)C)P(=O)(OCC)OCC)C(C)(C)C)C(=O)O. The Balaban J connectivity index is 6.08. The number of hydroxylamine groups is 2. The molecule has 0 aromatic heterocycles. The first-order valence-electron chi connectivity index (χ1n) is 9.59. The van der Waals surface area contributed by atoms with Gasteiger partial charge in [0.2, 0.25) is 0 Å². The number of carbonyl (C=O) groups is 2. The van der Waals surface area contributed by atoms with Crippen LogP contribution in [0.3, 0.4) is 0 Å². The largest absolute Gasteiger partial charge is 0.477 e. The minimum Gasteiger partial charge on any atom is -0.477 e. The molecule has 2 atom stereocenters. The summed E-state index contributed by atoms with van der Waals surface area (Å²) in [4.78, 5) is 29.2. The maximum atomic E-state index is 13.7. The quantitative estimate of drug-likeness (QED) is 0.286. The summed E-state index contributed by atoms with van der Waals surface area (Å²) in [5.41, 5.74) is -1.77. The molecule has 0 aromatic carbocycles. The molecule has 0 heterocycles. The maximum Gasteiger partial charge on any atom is 0.351 e. The third-order valence-electron chi connectivity index (χ3n) is 3.75. The lowest BCUT2D eigenvalue weighted by molar-refractivity contribution is -0.257. The third kappa shape index (κ3) is 8.18. The van der Waals surface area contributed by atoms with Gasteiger partial charge in [-0.2, -0.15) is 5.06 Å². The lowest BCUT2D eigenvalue weighted by Crippen LogP contribution is -2.55. The summed E-state index contributed by atoms with van der Waals surface area (Å²) in [5.74, 6) is -2.88. The van der Waals surface area contributed by atoms with Crippen molar-refractivity contribution in [1.82, 2.24) is 10.4 Å². The molecule has 2 unspecified atom stereocenters. The van der Waals surface area contributed by atoms with Crippen molar-refractivity contribution in [3.05, 3.63) is 12.3 Å². The number of nitrogens with one attached hydrogen (secondary N) is 1. The Hall–Kier alpha value is -1.25. The normalized spacial score (nSPS) is 15.1. The first-order chi connectivity index (χ1) is 13.0. The van der Waals surface area contributed by atoms with Crippen LogP contribution in [0.25, 0.3) is 0 Å². The van der Waals surface area contributed by atoms with Gasteiger partial charge in [-0.15, -0.1) is 0 Å². The minimum absolute atomic E-state index is 0.177. The van der Waals surface area contributed by atoms with E-state index in [9.17, 15) is 14.2 Å². The van der Waals surface area contributed by atoms with Gasteiger partial charge in [0, 0.05) is 5.54 Å². The Morgan fingerprint density at radius 3 is 1.86 bits per heavy atom. The molecule has 2 N–H and O–H groups in total. The van der Waals surface area contributed by atoms with E-state index in [2.05, 4.69) is 11.9 Å². The van der Waals surface area contributed by atoms with Crippen LogP contribution in [-0.4, -0.2) is 52.7 Å². The molecule has 0 aliphatic carbocycles. The van der Waals surface area contributed by atoms with Gasteiger partial charge in [0.1, 0.15) is 11.5 Å². The molecule has 0 aliphatic heterocycles. The lowest BCUT2D eigenvalue weighted by atomic mass is 9.94. The van der Waals surface area contributed by atoms with Gasteiger partial charge < -0.3 is 19.5 Å². The molecule has 0 aliphatic rings. The first-order valence-corrected chi connectivity index (χ1v) is 11.2. The molecule has 9 nitrogen and oxygen atoms in total. The van der Waals surface area contributed by atoms with E-state index in [4.69, 9.17) is 19.0 Å². The standard InChI is InChI=1S/C19H37N2O7P/c1-11-26-29(25,27-12-2)17(18(5,6)7)21(19(8,9)10)28-14(4)15(22)20-13(3)16(23)24/h14,17H,3,11-12H2,1-2,4-10H3,(H,20,22)(H,23,24). The molecule has 0 fully saturated rings. The Morgan fingerprint density at radius 2 is 1.55 bits per heavy atom. The van der Waals surface area contributed by atoms with Crippen LogP contribution in [0.4, 0.5) is 0 Å². The molecular weight excluding hydrogens is 399 g/mol. The van der Waals surface area contributed by atoms with E-state index in [1.165, 1.54) is 12.0 Å². The minimum atomic E-state index is -3.68. The fraction of sp³-hybridized carbons (Fsp3) is 0.789. The zero-order chi connectivity index (χ0) is 23.2. The van der Waals surface area contributed by atoms with Crippen molar-refractivity contribution < 1.29 is 33.1 Å². The number of aliphatic carboxylic acids is 1. The summed E-state index contributed by atoms with van der Waals surface area (Å²) in [6.07, 6.45) is -1.09. The Morgan fingerprint density at radius 1 is 1.10 bits per heavy atom. The van der Waals surface area contributed by atoms with Crippen LogP contribution in [0.1, 0.15) is 62.3 Å². The highest BCUT2D eigenvalue weighted by atomic mass is 31.2. The van der Waals surface area contributed by atoms with Gasteiger partial charge in [-0.1, -0.05) is 27.4 Å². The van der Waals surface area contributed by atoms with Gasteiger partial charge >= 0.3 is 13.6 Å². The summed E-state index contributed by atoms with van der Waals surface area (Å²) in [7, 11) is -3.68. The fourth-order valence-corrected chi connectivity index (χ4v) is 5.28. The maximum absolute atomic E-state index is 13.7. The number of nitrogens with zero attached hydrogens (tertiary/aromatic N) is 1. The van der Waals surface area contributed by atoms with Gasteiger partial charge in [0.25, 0.3) is 5.91 Å². The fourth-order valence-electron chi connectivity index (χ4n) is 2.60. The number of hydrogen-bond acceptors (Lipinski definition) is 7. The zero-order valence-corrected chi connectivity index (χ0v) is 20.0. The highest BCUT2D eigenvalue weighted by Crippen LogP contribution is 2.60. The molecular formula is C19H37N2O7P. The van der Waals surface area contributed by atoms with E-state index in [0.29, 0.717) is 0 Å². The Kier molecular flexibility index (Phi) is 10.2. The van der Waals surface area contributed by atoms with Crippen molar-refractivity contribution in [1.29, 1.82) is 0 Å². The molecule has 0 spiro atoms. The van der Waals surface area contributed by atoms with Crippen molar-refractivity contribution in [3.63, 3.8) is 0 Å². The molecule has 0 bridgehead atoms. The second-order valence-corrected chi connectivity index (χ2v) is 10.7. The molecule has 0 saturated carbocycles. The van der Waals surface area contributed by atoms with E-state index in [1.54, 1.807) is 13.8 Å². The molecule has 170 valence electrons. The number of amides is 1. The van der Waals surface area contributed by atoms with Crippen LogP contribution < -0.4 is 5.32 Å². The monoisotopic (exact) mass is 436 g/mol. The van der Waals surface area contributed by atoms with Crippen LogP contribution in [0.5, 0.6) is 0 Å². The molecule has 29 heavy (non-hydrogen) atoms. The highest BCUT2D eigenvalue weighted by molar-refractivity contribution is 7.54. The van der Waals surface area contributed by atoms with Crippen molar-refractivity contribution in [2.24, 2.45) is 5.41 Å². The average Bonchev–Trinajstić information content (AvgIpc) is 2.51. The second kappa shape index (κ2) is 10.7. The van der Waals surface area contributed by atoms with Crippen LogP contribution in [0, 0.1) is 5.41 Å². The molecule has 0 aromatic rings. The van der Waals surface area contributed by atoms with Crippen LogP contribution in [0.15, 0.2) is 12.3 Å². The van der Waals surface area contributed by atoms with Crippen LogP contribution in [-0.2, 0) is 28.0 Å². The van der Waals surface area contributed by atoms with Crippen molar-refractivity contribution in [3.8, 4) is 0 Å². The van der Waals surface area contributed by atoms with Gasteiger partial charge in [-0.3, -0.25) is 14.2 Å². The summed E-state index contributed by atoms with van der Waals surface area (Å²) in [5, 5.41) is 12.6. The van der Waals surface area contributed by atoms with Gasteiger partial charge in [-0.05, 0) is 47.0 Å². The van der Waals surface area contributed by atoms with E-state index >= 15 is 0 Å². The van der Waals surface area contributed by atoms with Crippen molar-refractivity contribution in [2.75, 3.05) is 13.2 Å². The summed E-state index contributed by atoms with van der Waals surface area (Å²) < 4.78 is 24.9. The van der Waals surface area contributed by atoms with Gasteiger partial charge in [-0.25, -0.2) is 4.79 Å².